The number of carbonyl (C=O) groups is 1. The summed E-state index contributed by atoms with van der Waals surface area (Å²) < 4.78 is 1.76. The summed E-state index contributed by atoms with van der Waals surface area (Å²) in [6.07, 6.45) is 1.39. The highest BCUT2D eigenvalue weighted by molar-refractivity contribution is 5.74. The smallest absolute Gasteiger partial charge is 0.172 e. The number of para-hydroxylation sites is 1. The molecule has 1 heterocycles. The van der Waals surface area contributed by atoms with Gasteiger partial charge in [-0.2, -0.15) is 0 Å². The monoisotopic (exact) mass is 277 g/mol. The first-order valence-corrected chi connectivity index (χ1v) is 6.79. The molecule has 0 unspecified atom stereocenters. The predicted molar refractivity (Wildman–Crippen MR) is 80.7 cm³/mol. The molecule has 0 radical (unpaired) electrons. The summed E-state index contributed by atoms with van der Waals surface area (Å²) in [4.78, 5) is 11.2. The Morgan fingerprint density at radius 2 is 1.76 bits per heavy atom. The molecule has 4 heteroatoms. The van der Waals surface area contributed by atoms with Crippen LogP contribution in [-0.4, -0.2) is 21.3 Å². The van der Waals surface area contributed by atoms with Crippen molar-refractivity contribution in [2.45, 2.75) is 13.3 Å². The normalized spacial score (nSPS) is 10.5. The highest BCUT2D eigenvalue weighted by Gasteiger charge is 2.15. The molecule has 0 atom stereocenters. The summed E-state index contributed by atoms with van der Waals surface area (Å²) in [6, 6.07) is 17.9. The fourth-order valence-electron chi connectivity index (χ4n) is 2.35. The van der Waals surface area contributed by atoms with Crippen LogP contribution in [0.15, 0.2) is 54.6 Å². The van der Waals surface area contributed by atoms with Gasteiger partial charge in [-0.25, -0.2) is 4.68 Å². The van der Waals surface area contributed by atoms with Crippen LogP contribution in [-0.2, 0) is 6.42 Å². The Morgan fingerprint density at radius 1 is 1.05 bits per heavy atom. The Morgan fingerprint density at radius 3 is 2.48 bits per heavy atom. The summed E-state index contributed by atoms with van der Waals surface area (Å²) in [6.45, 7) is 2.02. The Balaban J connectivity index is 2.09. The molecule has 0 bridgehead atoms. The number of benzene rings is 2. The molecule has 0 fully saturated rings. The molecule has 0 aliphatic rings. The number of aryl methyl sites for hydroxylation is 1. The van der Waals surface area contributed by atoms with E-state index in [0.717, 1.165) is 28.8 Å². The molecule has 0 saturated heterocycles. The molecule has 0 aliphatic heterocycles. The number of hydrogen-bond donors (Lipinski definition) is 0. The van der Waals surface area contributed by atoms with Crippen LogP contribution in [0.2, 0.25) is 0 Å². The molecule has 104 valence electrons. The minimum Gasteiger partial charge on any atom is -0.296 e. The van der Waals surface area contributed by atoms with Gasteiger partial charge >= 0.3 is 0 Å². The second kappa shape index (κ2) is 5.71. The Labute approximate surface area is 123 Å². The van der Waals surface area contributed by atoms with E-state index in [1.54, 1.807) is 4.68 Å². The highest BCUT2D eigenvalue weighted by atomic mass is 16.1. The van der Waals surface area contributed by atoms with Crippen LogP contribution in [0.25, 0.3) is 5.69 Å². The van der Waals surface area contributed by atoms with Crippen LogP contribution < -0.4 is 0 Å². The number of carbonyl (C=O) groups excluding carboxylic acids is 1. The molecule has 0 aliphatic carbocycles. The van der Waals surface area contributed by atoms with Crippen LogP contribution >= 0.6 is 0 Å². The zero-order chi connectivity index (χ0) is 14.7. The standard InChI is InChI=1S/C17H15N3O/c1-13-7-5-6-10-16(13)20-17(15(12-21)18-19-20)11-14-8-3-2-4-9-14/h2-10,12H,11H2,1H3. The third kappa shape index (κ3) is 2.60. The molecule has 0 saturated carbocycles. The van der Waals surface area contributed by atoms with Crippen molar-refractivity contribution >= 4 is 6.29 Å². The third-order valence-electron chi connectivity index (χ3n) is 3.46. The lowest BCUT2D eigenvalue weighted by Crippen LogP contribution is -2.06. The van der Waals surface area contributed by atoms with Crippen molar-refractivity contribution in [2.75, 3.05) is 0 Å². The van der Waals surface area contributed by atoms with E-state index in [-0.39, 0.29) is 0 Å². The average Bonchev–Trinajstić information content (AvgIpc) is 2.91. The van der Waals surface area contributed by atoms with E-state index in [1.807, 2.05) is 61.5 Å². The first kappa shape index (κ1) is 13.2. The number of rotatable bonds is 4. The Hall–Kier alpha value is -2.75. The molecule has 3 rings (SSSR count). The van der Waals surface area contributed by atoms with Crippen LogP contribution in [0.1, 0.15) is 27.3 Å². The molecule has 0 spiro atoms. The van der Waals surface area contributed by atoms with Crippen LogP contribution in [0.5, 0.6) is 0 Å². The van der Waals surface area contributed by atoms with E-state index in [0.29, 0.717) is 12.1 Å². The zero-order valence-electron chi connectivity index (χ0n) is 11.7. The van der Waals surface area contributed by atoms with Gasteiger partial charge < -0.3 is 0 Å². The summed E-state index contributed by atoms with van der Waals surface area (Å²) in [7, 11) is 0. The SMILES string of the molecule is Cc1ccccc1-n1nnc(C=O)c1Cc1ccccc1. The third-order valence-corrected chi connectivity index (χ3v) is 3.46. The van der Waals surface area contributed by atoms with Crippen molar-refractivity contribution in [1.82, 2.24) is 15.0 Å². The van der Waals surface area contributed by atoms with Crippen molar-refractivity contribution in [2.24, 2.45) is 0 Å². The first-order valence-electron chi connectivity index (χ1n) is 6.79. The fraction of sp³-hybridized carbons (Fsp3) is 0.118. The molecule has 4 nitrogen and oxygen atoms in total. The summed E-state index contributed by atoms with van der Waals surface area (Å²) in [5, 5.41) is 8.14. The molecule has 3 aromatic rings. The molecule has 2 aromatic carbocycles. The van der Waals surface area contributed by atoms with E-state index >= 15 is 0 Å². The van der Waals surface area contributed by atoms with Crippen molar-refractivity contribution < 1.29 is 4.79 Å². The van der Waals surface area contributed by atoms with E-state index in [9.17, 15) is 4.79 Å². The molecule has 0 amide bonds. The quantitative estimate of drug-likeness (QED) is 0.689. The lowest BCUT2D eigenvalue weighted by molar-refractivity contribution is 0.111. The van der Waals surface area contributed by atoms with Gasteiger partial charge in [-0.05, 0) is 24.1 Å². The number of aldehydes is 1. The van der Waals surface area contributed by atoms with E-state index < -0.39 is 0 Å². The zero-order valence-corrected chi connectivity index (χ0v) is 11.7. The maximum atomic E-state index is 11.2. The van der Waals surface area contributed by atoms with Crippen molar-refractivity contribution in [3.8, 4) is 5.69 Å². The number of hydrogen-bond acceptors (Lipinski definition) is 3. The predicted octanol–water partition coefficient (Wildman–Crippen LogP) is 2.98. The van der Waals surface area contributed by atoms with Gasteiger partial charge in [0, 0.05) is 6.42 Å². The molecular weight excluding hydrogens is 262 g/mol. The van der Waals surface area contributed by atoms with Gasteiger partial charge in [0.05, 0.1) is 11.4 Å². The lowest BCUT2D eigenvalue weighted by atomic mass is 10.1. The van der Waals surface area contributed by atoms with Gasteiger partial charge in [0.15, 0.2) is 6.29 Å². The van der Waals surface area contributed by atoms with E-state index in [1.165, 1.54) is 0 Å². The van der Waals surface area contributed by atoms with Gasteiger partial charge in [-0.3, -0.25) is 4.79 Å². The summed E-state index contributed by atoms with van der Waals surface area (Å²) in [5.41, 5.74) is 4.36. The largest absolute Gasteiger partial charge is 0.296 e. The van der Waals surface area contributed by atoms with E-state index in [2.05, 4.69) is 10.3 Å². The summed E-state index contributed by atoms with van der Waals surface area (Å²) >= 11 is 0. The maximum Gasteiger partial charge on any atom is 0.172 e. The van der Waals surface area contributed by atoms with Crippen LogP contribution in [0.3, 0.4) is 0 Å². The number of nitrogens with zero attached hydrogens (tertiary/aromatic N) is 3. The Bertz CT molecular complexity index is 763. The van der Waals surface area contributed by atoms with E-state index in [4.69, 9.17) is 0 Å². The van der Waals surface area contributed by atoms with Gasteiger partial charge in [-0.1, -0.05) is 53.7 Å². The number of aromatic nitrogens is 3. The average molecular weight is 277 g/mol. The molecule has 1 aromatic heterocycles. The first-order chi connectivity index (χ1) is 10.3. The van der Waals surface area contributed by atoms with Gasteiger partial charge in [0.25, 0.3) is 0 Å². The van der Waals surface area contributed by atoms with Gasteiger partial charge in [0.1, 0.15) is 5.69 Å². The van der Waals surface area contributed by atoms with Crippen molar-refractivity contribution in [3.63, 3.8) is 0 Å². The Kier molecular flexibility index (Phi) is 3.60. The van der Waals surface area contributed by atoms with Gasteiger partial charge in [0.2, 0.25) is 0 Å². The van der Waals surface area contributed by atoms with Crippen LogP contribution in [0, 0.1) is 6.92 Å². The van der Waals surface area contributed by atoms with Crippen LogP contribution in [0.4, 0.5) is 0 Å². The minimum atomic E-state index is 0.391. The fourth-order valence-corrected chi connectivity index (χ4v) is 2.35. The second-order valence-electron chi connectivity index (χ2n) is 4.90. The maximum absolute atomic E-state index is 11.2. The minimum absolute atomic E-state index is 0.391. The highest BCUT2D eigenvalue weighted by Crippen LogP contribution is 2.18. The topological polar surface area (TPSA) is 47.8 Å². The lowest BCUT2D eigenvalue weighted by Gasteiger charge is -2.09. The van der Waals surface area contributed by atoms with Crippen molar-refractivity contribution in [1.29, 1.82) is 0 Å². The van der Waals surface area contributed by atoms with Gasteiger partial charge in [-0.15, -0.1) is 5.10 Å². The van der Waals surface area contributed by atoms with Crippen molar-refractivity contribution in [3.05, 3.63) is 77.1 Å². The summed E-state index contributed by atoms with van der Waals surface area (Å²) in [5.74, 6) is 0. The molecule has 0 N–H and O–H groups in total. The molecule has 21 heavy (non-hydrogen) atoms. The molecular formula is C17H15N3O. The second-order valence-corrected chi connectivity index (χ2v) is 4.90.